The van der Waals surface area contributed by atoms with Gasteiger partial charge in [-0.05, 0) is 60.5 Å². The van der Waals surface area contributed by atoms with Crippen LogP contribution < -0.4 is 15.2 Å². The van der Waals surface area contributed by atoms with Crippen molar-refractivity contribution in [3.8, 4) is 11.5 Å². The average Bonchev–Trinajstić information content (AvgIpc) is 3.08. The molecule has 2 N–H and O–H groups in total. The van der Waals surface area contributed by atoms with E-state index in [1.807, 2.05) is 49.4 Å². The minimum Gasteiger partial charge on any atom is -0.490 e. The van der Waals surface area contributed by atoms with E-state index in [1.165, 1.54) is 11.8 Å². The topological polar surface area (TPSA) is 94.2 Å². The van der Waals surface area contributed by atoms with Crippen molar-refractivity contribution in [2.24, 2.45) is 16.6 Å². The summed E-state index contributed by atoms with van der Waals surface area (Å²) in [5.41, 5.74) is 6.76. The Balaban J connectivity index is 1.92. The van der Waals surface area contributed by atoms with Crippen molar-refractivity contribution in [3.63, 3.8) is 0 Å². The zero-order valence-corrected chi connectivity index (χ0v) is 19.9. The third kappa shape index (κ3) is 6.61. The molecule has 1 heterocycles. The Bertz CT molecular complexity index is 1050. The van der Waals surface area contributed by atoms with Crippen LogP contribution in [0.25, 0.3) is 6.08 Å². The summed E-state index contributed by atoms with van der Waals surface area (Å²) in [6.07, 6.45) is 2.79. The molecule has 0 aromatic heterocycles. The monoisotopic (exact) mass is 467 g/mol. The molecule has 0 saturated carbocycles. The lowest BCUT2D eigenvalue weighted by molar-refractivity contribution is -0.122. The summed E-state index contributed by atoms with van der Waals surface area (Å²) >= 11 is 1.36. The molecule has 0 bridgehead atoms. The lowest BCUT2D eigenvalue weighted by Gasteiger charge is -2.19. The fourth-order valence-electron chi connectivity index (χ4n) is 3.11. The fourth-order valence-corrected chi connectivity index (χ4v) is 4.12. The number of amidine groups is 1. The van der Waals surface area contributed by atoms with E-state index in [4.69, 9.17) is 20.2 Å². The first-order valence-corrected chi connectivity index (χ1v) is 11.8. The number of thioether (sulfide) groups is 1. The molecule has 0 spiro atoms. The Morgan fingerprint density at radius 2 is 1.91 bits per heavy atom. The molecule has 0 radical (unpaired) electrons. The number of aliphatic imine (C=N–C) groups is 1. The molecule has 2 aromatic carbocycles. The van der Waals surface area contributed by atoms with Crippen molar-refractivity contribution in [2.45, 2.75) is 27.2 Å². The number of amides is 2. The van der Waals surface area contributed by atoms with Gasteiger partial charge in [0.05, 0.1) is 17.2 Å². The number of primary amides is 1. The van der Waals surface area contributed by atoms with Crippen molar-refractivity contribution < 1.29 is 19.1 Å². The van der Waals surface area contributed by atoms with E-state index in [9.17, 15) is 9.59 Å². The molecule has 7 nitrogen and oxygen atoms in total. The molecule has 1 unspecified atom stereocenters. The SMILES string of the molecule is CCOc1cc(C=C2SC(=Nc3ccccc3)N(CC(C)CC)C2=O)ccc1OCC(N)=O. The third-order valence-electron chi connectivity index (χ3n) is 5.00. The highest BCUT2D eigenvalue weighted by Gasteiger charge is 2.34. The minimum absolute atomic E-state index is 0.0676. The highest BCUT2D eigenvalue weighted by atomic mass is 32.2. The van der Waals surface area contributed by atoms with Crippen LogP contribution in [0.5, 0.6) is 11.5 Å². The number of hydrogen-bond acceptors (Lipinski definition) is 6. The molecular weight excluding hydrogens is 438 g/mol. The molecule has 33 heavy (non-hydrogen) atoms. The Morgan fingerprint density at radius 3 is 2.58 bits per heavy atom. The smallest absolute Gasteiger partial charge is 0.266 e. The first-order valence-electron chi connectivity index (χ1n) is 10.9. The van der Waals surface area contributed by atoms with E-state index < -0.39 is 5.91 Å². The standard InChI is InChI=1S/C25H29N3O4S/c1-4-17(3)15-28-24(30)22(33-25(28)27-19-9-7-6-8-10-19)14-18-11-12-20(32-16-23(26)29)21(13-18)31-5-2/h6-14,17H,4-5,15-16H2,1-3H3,(H2,26,29). The quantitative estimate of drug-likeness (QED) is 0.516. The molecule has 3 rings (SSSR count). The summed E-state index contributed by atoms with van der Waals surface area (Å²) in [5, 5.41) is 0.671. The van der Waals surface area contributed by atoms with Gasteiger partial charge in [0.15, 0.2) is 23.3 Å². The molecular formula is C25H29N3O4S. The molecule has 8 heteroatoms. The van der Waals surface area contributed by atoms with Gasteiger partial charge in [-0.1, -0.05) is 44.5 Å². The predicted octanol–water partition coefficient (Wildman–Crippen LogP) is 4.60. The van der Waals surface area contributed by atoms with E-state index in [-0.39, 0.29) is 12.5 Å². The second kappa shape index (κ2) is 11.6. The van der Waals surface area contributed by atoms with Gasteiger partial charge in [-0.3, -0.25) is 14.5 Å². The molecule has 2 aromatic rings. The molecule has 1 fully saturated rings. The molecule has 1 aliphatic rings. The van der Waals surface area contributed by atoms with E-state index in [2.05, 4.69) is 13.8 Å². The van der Waals surface area contributed by atoms with Crippen LogP contribution >= 0.6 is 11.8 Å². The van der Waals surface area contributed by atoms with Crippen LogP contribution in [0.15, 0.2) is 58.4 Å². The lowest BCUT2D eigenvalue weighted by atomic mass is 10.1. The van der Waals surface area contributed by atoms with Crippen LogP contribution in [0.2, 0.25) is 0 Å². The van der Waals surface area contributed by atoms with Crippen LogP contribution in [0.4, 0.5) is 5.69 Å². The Morgan fingerprint density at radius 1 is 1.15 bits per heavy atom. The third-order valence-corrected chi connectivity index (χ3v) is 6.00. The summed E-state index contributed by atoms with van der Waals surface area (Å²) in [7, 11) is 0. The lowest BCUT2D eigenvalue weighted by Crippen LogP contribution is -2.33. The number of nitrogens with two attached hydrogens (primary N) is 1. The molecule has 1 aliphatic heterocycles. The van der Waals surface area contributed by atoms with Crippen molar-refractivity contribution in [1.82, 2.24) is 4.90 Å². The molecule has 2 amide bonds. The second-order valence-corrected chi connectivity index (χ2v) is 8.67. The van der Waals surface area contributed by atoms with Gasteiger partial charge in [0, 0.05) is 6.54 Å². The van der Waals surface area contributed by atoms with Crippen molar-refractivity contribution in [2.75, 3.05) is 19.8 Å². The molecule has 174 valence electrons. The van der Waals surface area contributed by atoms with E-state index in [0.29, 0.717) is 40.6 Å². The first kappa shape index (κ1) is 24.4. The number of para-hydroxylation sites is 1. The predicted molar refractivity (Wildman–Crippen MR) is 133 cm³/mol. The van der Waals surface area contributed by atoms with Crippen molar-refractivity contribution in [3.05, 3.63) is 59.0 Å². The van der Waals surface area contributed by atoms with Gasteiger partial charge in [-0.15, -0.1) is 0 Å². The number of nitrogens with zero attached hydrogens (tertiary/aromatic N) is 2. The van der Waals surface area contributed by atoms with Gasteiger partial charge < -0.3 is 15.2 Å². The van der Waals surface area contributed by atoms with Gasteiger partial charge in [0.2, 0.25) is 0 Å². The number of hydrogen-bond donors (Lipinski definition) is 1. The summed E-state index contributed by atoms with van der Waals surface area (Å²) in [5.74, 6) is 0.623. The van der Waals surface area contributed by atoms with E-state index in [1.54, 1.807) is 17.0 Å². The number of ether oxygens (including phenoxy) is 2. The van der Waals surface area contributed by atoms with Crippen LogP contribution in [0.1, 0.15) is 32.8 Å². The van der Waals surface area contributed by atoms with Gasteiger partial charge in [-0.2, -0.15) is 0 Å². The summed E-state index contributed by atoms with van der Waals surface area (Å²) in [4.78, 5) is 31.4. The zero-order chi connectivity index (χ0) is 23.8. The van der Waals surface area contributed by atoms with Crippen LogP contribution in [-0.4, -0.2) is 41.6 Å². The normalized spacial score (nSPS) is 16.9. The summed E-state index contributed by atoms with van der Waals surface area (Å²) < 4.78 is 11.1. The molecule has 0 aliphatic carbocycles. The number of benzene rings is 2. The minimum atomic E-state index is -0.566. The van der Waals surface area contributed by atoms with Crippen LogP contribution in [0.3, 0.4) is 0 Å². The molecule has 1 atom stereocenters. The Labute approximate surface area is 198 Å². The van der Waals surface area contributed by atoms with E-state index >= 15 is 0 Å². The second-order valence-electron chi connectivity index (χ2n) is 7.66. The average molecular weight is 468 g/mol. The number of carbonyl (C=O) groups is 2. The van der Waals surface area contributed by atoms with Gasteiger partial charge in [0.25, 0.3) is 11.8 Å². The largest absolute Gasteiger partial charge is 0.490 e. The van der Waals surface area contributed by atoms with Crippen molar-refractivity contribution >= 4 is 40.5 Å². The van der Waals surface area contributed by atoms with Crippen molar-refractivity contribution in [1.29, 1.82) is 0 Å². The fraction of sp³-hybridized carbons (Fsp3) is 0.320. The van der Waals surface area contributed by atoms with Gasteiger partial charge in [0.1, 0.15) is 0 Å². The van der Waals surface area contributed by atoms with Crippen LogP contribution in [0, 0.1) is 5.92 Å². The van der Waals surface area contributed by atoms with Gasteiger partial charge in [-0.25, -0.2) is 4.99 Å². The maximum Gasteiger partial charge on any atom is 0.266 e. The number of carbonyl (C=O) groups excluding carboxylic acids is 2. The van der Waals surface area contributed by atoms with E-state index in [0.717, 1.165) is 17.7 Å². The molecule has 1 saturated heterocycles. The maximum absolute atomic E-state index is 13.3. The first-order chi connectivity index (χ1) is 15.9. The van der Waals surface area contributed by atoms with Crippen LogP contribution in [-0.2, 0) is 9.59 Å². The highest BCUT2D eigenvalue weighted by molar-refractivity contribution is 8.18. The summed E-state index contributed by atoms with van der Waals surface area (Å²) in [6.45, 7) is 6.89. The Hall–Kier alpha value is -3.26. The highest BCUT2D eigenvalue weighted by Crippen LogP contribution is 2.36. The summed E-state index contributed by atoms with van der Waals surface area (Å²) in [6, 6.07) is 14.9. The zero-order valence-electron chi connectivity index (χ0n) is 19.1. The number of rotatable bonds is 10. The van der Waals surface area contributed by atoms with Gasteiger partial charge >= 0.3 is 0 Å². The maximum atomic E-state index is 13.3. The Kier molecular flexibility index (Phi) is 8.54.